The van der Waals surface area contributed by atoms with Crippen LogP contribution in [0.15, 0.2) is 0 Å². The third kappa shape index (κ3) is 5.06. The van der Waals surface area contributed by atoms with Gasteiger partial charge in [0, 0.05) is 0 Å². The number of unbranched alkanes of at least 4 members (excludes halogenated alkanes) is 2. The summed E-state index contributed by atoms with van der Waals surface area (Å²) in [6.07, 6.45) is -9.47. The highest BCUT2D eigenvalue weighted by molar-refractivity contribution is 7.43. The molecule has 0 N–H and O–H groups in total. The monoisotopic (exact) mass is 390 g/mol. The van der Waals surface area contributed by atoms with Crippen molar-refractivity contribution >= 4 is 7.82 Å². The van der Waals surface area contributed by atoms with E-state index in [9.17, 15) is 45.1 Å². The predicted octanol–water partition coefficient (Wildman–Crippen LogP) is 3.78. The van der Waals surface area contributed by atoms with Crippen molar-refractivity contribution in [1.29, 1.82) is 0 Å². The van der Waals surface area contributed by atoms with E-state index in [0.29, 0.717) is 0 Å². The van der Waals surface area contributed by atoms with Gasteiger partial charge in [0.05, 0.1) is 7.82 Å². The third-order valence-electron chi connectivity index (χ3n) is 3.48. The van der Waals surface area contributed by atoms with Crippen molar-refractivity contribution in [3.05, 3.63) is 0 Å². The predicted molar refractivity (Wildman–Crippen MR) is 66.4 cm³/mol. The molecule has 24 heavy (non-hydrogen) atoms. The SMILES string of the molecule is CCCCC(CCCC)(OP(=O)([O-])[O-])C(F)(F)C(F)(F)C(F)(F)F. The molecule has 0 saturated heterocycles. The fraction of sp³-hybridized carbons (Fsp3) is 1.00. The van der Waals surface area contributed by atoms with Crippen molar-refractivity contribution in [2.45, 2.75) is 76.0 Å². The fourth-order valence-electron chi connectivity index (χ4n) is 2.19. The van der Waals surface area contributed by atoms with E-state index in [2.05, 4.69) is 4.52 Å². The van der Waals surface area contributed by atoms with Crippen LogP contribution in [0.5, 0.6) is 0 Å². The minimum Gasteiger partial charge on any atom is -0.790 e. The molecule has 0 saturated carbocycles. The summed E-state index contributed by atoms with van der Waals surface area (Å²) in [5.74, 6) is -12.5. The molecule has 0 spiro atoms. The lowest BCUT2D eigenvalue weighted by Gasteiger charge is -2.48. The molecular formula is C12H18F7O4P-2. The summed E-state index contributed by atoms with van der Waals surface area (Å²) in [7, 11) is -6.27. The van der Waals surface area contributed by atoms with E-state index in [0.717, 1.165) is 0 Å². The molecule has 0 atom stereocenters. The molecule has 0 bridgehead atoms. The lowest BCUT2D eigenvalue weighted by atomic mass is 9.81. The van der Waals surface area contributed by atoms with Gasteiger partial charge in [0.2, 0.25) is 0 Å². The maximum atomic E-state index is 14.2. The molecule has 0 aliphatic carbocycles. The molecule has 0 heterocycles. The number of hydrogen-bond acceptors (Lipinski definition) is 4. The van der Waals surface area contributed by atoms with Crippen LogP contribution in [0.4, 0.5) is 30.7 Å². The molecule has 0 radical (unpaired) electrons. The zero-order valence-corrected chi connectivity index (χ0v) is 13.9. The Kier molecular flexibility index (Phi) is 7.76. The van der Waals surface area contributed by atoms with E-state index in [1.165, 1.54) is 13.8 Å². The van der Waals surface area contributed by atoms with Crippen molar-refractivity contribution in [1.82, 2.24) is 0 Å². The normalized spacial score (nSPS) is 15.0. The highest BCUT2D eigenvalue weighted by Gasteiger charge is 2.79. The molecule has 0 aliphatic heterocycles. The van der Waals surface area contributed by atoms with Crippen molar-refractivity contribution < 1.29 is 49.6 Å². The first-order valence-corrected chi connectivity index (χ1v) is 8.59. The van der Waals surface area contributed by atoms with Gasteiger partial charge in [-0.25, -0.2) is 0 Å². The molecule has 0 amide bonds. The Morgan fingerprint density at radius 3 is 1.46 bits per heavy atom. The van der Waals surface area contributed by atoms with Crippen LogP contribution in [-0.4, -0.2) is 23.6 Å². The number of hydrogen-bond donors (Lipinski definition) is 0. The summed E-state index contributed by atoms with van der Waals surface area (Å²) in [5.41, 5.74) is -3.77. The average Bonchev–Trinajstić information content (AvgIpc) is 2.38. The van der Waals surface area contributed by atoms with E-state index in [1.807, 2.05) is 0 Å². The van der Waals surface area contributed by atoms with Crippen LogP contribution in [0.3, 0.4) is 0 Å². The van der Waals surface area contributed by atoms with Crippen molar-refractivity contribution in [2.75, 3.05) is 0 Å². The third-order valence-corrected chi connectivity index (χ3v) is 4.05. The first-order chi connectivity index (χ1) is 10.6. The highest BCUT2D eigenvalue weighted by atomic mass is 31.2. The molecule has 0 fully saturated rings. The zero-order chi connectivity index (χ0) is 19.4. The van der Waals surface area contributed by atoms with Crippen LogP contribution >= 0.6 is 7.82 Å². The molecule has 0 aromatic heterocycles. The number of phosphoric acid groups is 1. The van der Waals surface area contributed by atoms with Crippen LogP contribution in [0, 0.1) is 0 Å². The Morgan fingerprint density at radius 2 is 1.21 bits per heavy atom. The molecule has 0 unspecified atom stereocenters. The van der Waals surface area contributed by atoms with Crippen LogP contribution in [0.25, 0.3) is 0 Å². The Hall–Kier alpha value is -0.380. The van der Waals surface area contributed by atoms with Gasteiger partial charge in [-0.2, -0.15) is 30.7 Å². The summed E-state index contributed by atoms with van der Waals surface area (Å²) in [6.45, 7) is 2.83. The topological polar surface area (TPSA) is 72.4 Å². The summed E-state index contributed by atoms with van der Waals surface area (Å²) < 4.78 is 107. The van der Waals surface area contributed by atoms with Gasteiger partial charge in [-0.1, -0.05) is 39.5 Å². The summed E-state index contributed by atoms with van der Waals surface area (Å²) in [6, 6.07) is 0. The standard InChI is InChI=1S/C12H20F7O4P/c1-3-5-7-9(8-6-4-2,23-24(20,21)22)10(13,14)11(15,16)12(17,18)19/h3-8H2,1-2H3,(H2,20,21,22)/p-2. The van der Waals surface area contributed by atoms with Crippen LogP contribution in [-0.2, 0) is 9.09 Å². The van der Waals surface area contributed by atoms with Gasteiger partial charge in [-0.15, -0.1) is 0 Å². The van der Waals surface area contributed by atoms with Crippen LogP contribution < -0.4 is 9.79 Å². The first kappa shape index (κ1) is 23.6. The number of rotatable bonds is 10. The minimum absolute atomic E-state index is 0.0763. The quantitative estimate of drug-likeness (QED) is 0.420. The van der Waals surface area contributed by atoms with E-state index in [1.54, 1.807) is 0 Å². The van der Waals surface area contributed by atoms with Gasteiger partial charge < -0.3 is 18.9 Å². The van der Waals surface area contributed by atoms with Gasteiger partial charge in [-0.05, 0) is 12.8 Å². The largest absolute Gasteiger partial charge is 0.790 e. The smallest absolute Gasteiger partial charge is 0.459 e. The van der Waals surface area contributed by atoms with Crippen LogP contribution in [0.1, 0.15) is 52.4 Å². The molecule has 0 aromatic carbocycles. The van der Waals surface area contributed by atoms with Gasteiger partial charge in [0.15, 0.2) is 0 Å². The Balaban J connectivity index is 6.24. The van der Waals surface area contributed by atoms with Gasteiger partial charge >= 0.3 is 18.0 Å². The summed E-state index contributed by atoms with van der Waals surface area (Å²) >= 11 is 0. The maximum Gasteiger partial charge on any atom is 0.459 e. The lowest BCUT2D eigenvalue weighted by Crippen LogP contribution is -2.65. The minimum atomic E-state index is -6.65. The first-order valence-electron chi connectivity index (χ1n) is 7.13. The van der Waals surface area contributed by atoms with Crippen molar-refractivity contribution in [3.8, 4) is 0 Å². The summed E-state index contributed by atoms with van der Waals surface area (Å²) in [5, 5.41) is 0. The molecule has 146 valence electrons. The van der Waals surface area contributed by atoms with E-state index in [-0.39, 0.29) is 25.7 Å². The number of alkyl halides is 7. The average molecular weight is 390 g/mol. The Bertz CT molecular complexity index is 439. The van der Waals surface area contributed by atoms with Gasteiger partial charge in [0.25, 0.3) is 0 Å². The van der Waals surface area contributed by atoms with Crippen LogP contribution in [0.2, 0.25) is 0 Å². The molecule has 12 heteroatoms. The molecule has 0 aliphatic rings. The molecular weight excluding hydrogens is 372 g/mol. The lowest BCUT2D eigenvalue weighted by molar-refractivity contribution is -0.404. The second kappa shape index (κ2) is 7.88. The van der Waals surface area contributed by atoms with E-state index < -0.39 is 44.3 Å². The second-order valence-corrected chi connectivity index (χ2v) is 6.46. The number of phosphoric ester groups is 1. The molecule has 0 aromatic rings. The van der Waals surface area contributed by atoms with Crippen molar-refractivity contribution in [2.24, 2.45) is 0 Å². The Labute approximate surface area is 134 Å². The molecule has 4 nitrogen and oxygen atoms in total. The fourth-order valence-corrected chi connectivity index (χ4v) is 2.92. The highest BCUT2D eigenvalue weighted by Crippen LogP contribution is 2.57. The van der Waals surface area contributed by atoms with Gasteiger partial charge in [-0.3, -0.25) is 0 Å². The molecule has 0 rings (SSSR count). The second-order valence-electron chi connectivity index (χ2n) is 5.39. The van der Waals surface area contributed by atoms with E-state index >= 15 is 0 Å². The maximum absolute atomic E-state index is 14.2. The zero-order valence-electron chi connectivity index (χ0n) is 13.0. The van der Waals surface area contributed by atoms with Gasteiger partial charge in [0.1, 0.15) is 5.60 Å². The Morgan fingerprint density at radius 1 is 0.833 bits per heavy atom. The van der Waals surface area contributed by atoms with E-state index in [4.69, 9.17) is 0 Å². The number of halogens is 7. The summed E-state index contributed by atoms with van der Waals surface area (Å²) in [4.78, 5) is 21.6. The van der Waals surface area contributed by atoms with Crippen molar-refractivity contribution in [3.63, 3.8) is 0 Å².